The quantitative estimate of drug-likeness (QED) is 0.849. The molecule has 0 spiro atoms. The van der Waals surface area contributed by atoms with Crippen LogP contribution in [-0.4, -0.2) is 30.0 Å². The number of carbonyl (C=O) groups excluding carboxylic acids is 2. The topological polar surface area (TPSA) is 49.4 Å². The van der Waals surface area contributed by atoms with E-state index in [2.05, 4.69) is 5.32 Å². The molecular weight excluding hydrogens is 339 g/mol. The summed E-state index contributed by atoms with van der Waals surface area (Å²) in [6.45, 7) is 0.460. The lowest BCUT2D eigenvalue weighted by Crippen LogP contribution is -2.36. The number of nitrogens with one attached hydrogen (secondary N) is 1. The molecule has 1 aliphatic rings. The summed E-state index contributed by atoms with van der Waals surface area (Å²) < 4.78 is 13.4. The molecule has 130 valence electrons. The SMILES string of the molecule is CSc1ccc(CN(C)C(=O)C2CC(=O)Nc3cc(F)ccc32)cc1. The highest BCUT2D eigenvalue weighted by molar-refractivity contribution is 7.98. The Morgan fingerprint density at radius 3 is 2.68 bits per heavy atom. The highest BCUT2D eigenvalue weighted by Crippen LogP contribution is 2.34. The first kappa shape index (κ1) is 17.5. The van der Waals surface area contributed by atoms with E-state index in [0.29, 0.717) is 17.8 Å². The van der Waals surface area contributed by atoms with Crippen LogP contribution in [-0.2, 0) is 16.1 Å². The number of thioether (sulfide) groups is 1. The Balaban J connectivity index is 1.78. The molecular formula is C19H19FN2O2S. The van der Waals surface area contributed by atoms with Gasteiger partial charge in [0.15, 0.2) is 0 Å². The van der Waals surface area contributed by atoms with Gasteiger partial charge >= 0.3 is 0 Å². The van der Waals surface area contributed by atoms with Crippen LogP contribution in [0.1, 0.15) is 23.5 Å². The molecule has 2 aromatic carbocycles. The molecule has 1 aliphatic heterocycles. The van der Waals surface area contributed by atoms with E-state index in [1.807, 2.05) is 30.5 Å². The van der Waals surface area contributed by atoms with E-state index in [-0.39, 0.29) is 18.2 Å². The minimum absolute atomic E-state index is 0.0766. The zero-order chi connectivity index (χ0) is 18.0. The van der Waals surface area contributed by atoms with Gasteiger partial charge in [-0.05, 0) is 41.6 Å². The van der Waals surface area contributed by atoms with Crippen molar-refractivity contribution in [3.05, 3.63) is 59.4 Å². The largest absolute Gasteiger partial charge is 0.341 e. The molecule has 1 atom stereocenters. The summed E-state index contributed by atoms with van der Waals surface area (Å²) in [6.07, 6.45) is 2.09. The van der Waals surface area contributed by atoms with Crippen molar-refractivity contribution in [2.75, 3.05) is 18.6 Å². The second-order valence-corrected chi connectivity index (χ2v) is 6.96. The van der Waals surface area contributed by atoms with Gasteiger partial charge < -0.3 is 10.2 Å². The van der Waals surface area contributed by atoms with E-state index in [4.69, 9.17) is 0 Å². The van der Waals surface area contributed by atoms with Crippen LogP contribution < -0.4 is 5.32 Å². The summed E-state index contributed by atoms with van der Waals surface area (Å²) in [6, 6.07) is 12.2. The zero-order valence-corrected chi connectivity index (χ0v) is 14.9. The number of anilines is 1. The van der Waals surface area contributed by atoms with Crippen LogP contribution in [0.25, 0.3) is 0 Å². The van der Waals surface area contributed by atoms with Gasteiger partial charge in [0.25, 0.3) is 0 Å². The molecule has 0 aliphatic carbocycles. The Labute approximate surface area is 150 Å². The number of halogens is 1. The van der Waals surface area contributed by atoms with Crippen LogP contribution in [0.2, 0.25) is 0 Å². The van der Waals surface area contributed by atoms with Gasteiger partial charge in [-0.15, -0.1) is 11.8 Å². The Hall–Kier alpha value is -2.34. The summed E-state index contributed by atoms with van der Waals surface area (Å²) in [4.78, 5) is 27.5. The van der Waals surface area contributed by atoms with Crippen molar-refractivity contribution in [1.29, 1.82) is 0 Å². The normalized spacial score (nSPS) is 16.1. The number of rotatable bonds is 4. The number of benzene rings is 2. The van der Waals surface area contributed by atoms with Crippen molar-refractivity contribution in [3.8, 4) is 0 Å². The third kappa shape index (κ3) is 3.85. The smallest absolute Gasteiger partial charge is 0.230 e. The summed E-state index contributed by atoms with van der Waals surface area (Å²) in [5.74, 6) is -1.43. The molecule has 0 saturated heterocycles. The molecule has 6 heteroatoms. The van der Waals surface area contributed by atoms with Crippen LogP contribution in [0, 0.1) is 5.82 Å². The van der Waals surface area contributed by atoms with E-state index >= 15 is 0 Å². The summed E-state index contributed by atoms with van der Waals surface area (Å²) in [5, 5.41) is 2.63. The van der Waals surface area contributed by atoms with Crippen molar-refractivity contribution in [1.82, 2.24) is 4.90 Å². The van der Waals surface area contributed by atoms with Gasteiger partial charge in [-0.3, -0.25) is 9.59 Å². The maximum absolute atomic E-state index is 13.4. The van der Waals surface area contributed by atoms with Gasteiger partial charge in [0, 0.05) is 30.6 Å². The monoisotopic (exact) mass is 358 g/mol. The van der Waals surface area contributed by atoms with Gasteiger partial charge in [-0.25, -0.2) is 4.39 Å². The van der Waals surface area contributed by atoms with Crippen LogP contribution in [0.4, 0.5) is 10.1 Å². The lowest BCUT2D eigenvalue weighted by molar-refractivity contribution is -0.134. The van der Waals surface area contributed by atoms with Crippen molar-refractivity contribution < 1.29 is 14.0 Å². The van der Waals surface area contributed by atoms with Gasteiger partial charge in [0.05, 0.1) is 5.92 Å². The van der Waals surface area contributed by atoms with Crippen LogP contribution in [0.15, 0.2) is 47.4 Å². The van der Waals surface area contributed by atoms with Gasteiger partial charge in [-0.2, -0.15) is 0 Å². The zero-order valence-electron chi connectivity index (χ0n) is 14.1. The molecule has 0 aromatic heterocycles. The molecule has 2 amide bonds. The lowest BCUT2D eigenvalue weighted by atomic mass is 9.89. The van der Waals surface area contributed by atoms with Crippen molar-refractivity contribution in [2.45, 2.75) is 23.8 Å². The average Bonchev–Trinajstić information content (AvgIpc) is 2.60. The molecule has 25 heavy (non-hydrogen) atoms. The van der Waals surface area contributed by atoms with Crippen molar-refractivity contribution in [2.24, 2.45) is 0 Å². The molecule has 1 heterocycles. The number of nitrogens with zero attached hydrogens (tertiary/aromatic N) is 1. The number of likely N-dealkylation sites (N-methyl/N-ethyl adjacent to an activating group) is 1. The first-order chi connectivity index (χ1) is 12.0. The van der Waals surface area contributed by atoms with Crippen LogP contribution in [0.3, 0.4) is 0 Å². The highest BCUT2D eigenvalue weighted by atomic mass is 32.2. The third-order valence-electron chi connectivity index (χ3n) is 4.31. The fraction of sp³-hybridized carbons (Fsp3) is 0.263. The van der Waals surface area contributed by atoms with Crippen molar-refractivity contribution in [3.63, 3.8) is 0 Å². The van der Waals surface area contributed by atoms with Crippen LogP contribution in [0.5, 0.6) is 0 Å². The number of carbonyl (C=O) groups is 2. The van der Waals surface area contributed by atoms with E-state index in [9.17, 15) is 14.0 Å². The molecule has 1 unspecified atom stereocenters. The maximum atomic E-state index is 13.4. The Bertz CT molecular complexity index is 808. The summed E-state index contributed by atoms with van der Waals surface area (Å²) in [5.41, 5.74) is 2.07. The maximum Gasteiger partial charge on any atom is 0.230 e. The first-order valence-corrected chi connectivity index (χ1v) is 9.17. The predicted molar refractivity (Wildman–Crippen MR) is 97.1 cm³/mol. The molecule has 0 fully saturated rings. The minimum atomic E-state index is -0.583. The van der Waals surface area contributed by atoms with E-state index in [0.717, 1.165) is 10.5 Å². The molecule has 1 N–H and O–H groups in total. The van der Waals surface area contributed by atoms with E-state index in [1.54, 1.807) is 29.8 Å². The molecule has 3 rings (SSSR count). The van der Waals surface area contributed by atoms with Gasteiger partial charge in [-0.1, -0.05) is 18.2 Å². The molecule has 0 radical (unpaired) electrons. The lowest BCUT2D eigenvalue weighted by Gasteiger charge is -2.28. The fourth-order valence-electron chi connectivity index (χ4n) is 3.01. The van der Waals surface area contributed by atoms with Crippen molar-refractivity contribution >= 4 is 29.3 Å². The summed E-state index contributed by atoms with van der Waals surface area (Å²) in [7, 11) is 1.72. The number of fused-ring (bicyclic) bond motifs is 1. The minimum Gasteiger partial charge on any atom is -0.341 e. The third-order valence-corrected chi connectivity index (χ3v) is 5.05. The number of hydrogen-bond donors (Lipinski definition) is 1. The number of hydrogen-bond acceptors (Lipinski definition) is 3. The van der Waals surface area contributed by atoms with E-state index in [1.165, 1.54) is 12.1 Å². The van der Waals surface area contributed by atoms with Crippen LogP contribution >= 0.6 is 11.8 Å². The van der Waals surface area contributed by atoms with Gasteiger partial charge in [0.1, 0.15) is 5.82 Å². The Kier molecular flexibility index (Phi) is 5.08. The highest BCUT2D eigenvalue weighted by Gasteiger charge is 2.32. The predicted octanol–water partition coefficient (Wildman–Crippen LogP) is 3.63. The second kappa shape index (κ2) is 7.27. The number of amides is 2. The fourth-order valence-corrected chi connectivity index (χ4v) is 3.41. The van der Waals surface area contributed by atoms with E-state index < -0.39 is 11.7 Å². The Morgan fingerprint density at radius 1 is 1.28 bits per heavy atom. The summed E-state index contributed by atoms with van der Waals surface area (Å²) >= 11 is 1.66. The molecule has 0 bridgehead atoms. The first-order valence-electron chi connectivity index (χ1n) is 7.95. The molecule has 2 aromatic rings. The molecule has 4 nitrogen and oxygen atoms in total. The Morgan fingerprint density at radius 2 is 2.00 bits per heavy atom. The second-order valence-electron chi connectivity index (χ2n) is 6.08. The van der Waals surface area contributed by atoms with Gasteiger partial charge in [0.2, 0.25) is 11.8 Å². The standard InChI is InChI=1S/C19H19FN2O2S/c1-22(11-12-3-6-14(25-2)7-4-12)19(24)16-10-18(23)21-17-9-13(20)5-8-15(16)17/h3-9,16H,10-11H2,1-2H3,(H,21,23). The molecule has 0 saturated carbocycles. The average molecular weight is 358 g/mol.